The summed E-state index contributed by atoms with van der Waals surface area (Å²) < 4.78 is 38.1. The second-order valence-electron chi connectivity index (χ2n) is 6.50. The van der Waals surface area contributed by atoms with E-state index < -0.39 is 21.9 Å². The lowest BCUT2D eigenvalue weighted by Crippen LogP contribution is -2.14. The average Bonchev–Trinajstić information content (AvgIpc) is 2.78. The number of nitrogens with two attached hydrogens (primary N) is 1. The number of benzene rings is 3. The van der Waals surface area contributed by atoms with Crippen LogP contribution in [0.5, 0.6) is 5.75 Å². The van der Waals surface area contributed by atoms with Gasteiger partial charge in [0.05, 0.1) is 17.6 Å². The third kappa shape index (κ3) is 5.61. The minimum atomic E-state index is -3.91. The molecule has 0 saturated carbocycles. The minimum absolute atomic E-state index is 0.0427. The van der Waals surface area contributed by atoms with Crippen LogP contribution in [-0.2, 0) is 21.4 Å². The van der Waals surface area contributed by atoms with E-state index >= 15 is 0 Å². The number of anilines is 1. The molecule has 3 aromatic rings. The Balaban J connectivity index is 1.69. The lowest BCUT2D eigenvalue weighted by molar-refractivity contribution is 0.0472. The van der Waals surface area contributed by atoms with E-state index in [0.29, 0.717) is 22.6 Å². The zero-order chi connectivity index (χ0) is 22.4. The topological polar surface area (TPSA) is 125 Å². The van der Waals surface area contributed by atoms with Crippen molar-refractivity contribution in [3.8, 4) is 5.75 Å². The van der Waals surface area contributed by atoms with Gasteiger partial charge in [0.1, 0.15) is 12.4 Å². The fourth-order valence-corrected chi connectivity index (χ4v) is 3.76. The summed E-state index contributed by atoms with van der Waals surface area (Å²) in [7, 11) is -2.40. The van der Waals surface area contributed by atoms with Gasteiger partial charge in [0.25, 0.3) is 10.0 Å². The average molecular weight is 440 g/mol. The Labute approximate surface area is 179 Å². The lowest BCUT2D eigenvalue weighted by atomic mass is 10.1. The molecule has 160 valence electrons. The van der Waals surface area contributed by atoms with Crippen molar-refractivity contribution in [1.82, 2.24) is 0 Å². The van der Waals surface area contributed by atoms with Crippen LogP contribution in [-0.4, -0.2) is 27.4 Å². The highest BCUT2D eigenvalue weighted by molar-refractivity contribution is 7.92. The maximum atomic E-state index is 12.7. The molecule has 0 radical (unpaired) electrons. The molecule has 0 heterocycles. The zero-order valence-electron chi connectivity index (χ0n) is 16.6. The Hall–Kier alpha value is -3.85. The van der Waals surface area contributed by atoms with Crippen LogP contribution >= 0.6 is 0 Å². The molecule has 8 nitrogen and oxygen atoms in total. The summed E-state index contributed by atoms with van der Waals surface area (Å²) in [6, 6.07) is 18.2. The highest BCUT2D eigenvalue weighted by Crippen LogP contribution is 2.20. The third-order valence-electron chi connectivity index (χ3n) is 4.33. The van der Waals surface area contributed by atoms with Gasteiger partial charge in [0, 0.05) is 11.3 Å². The van der Waals surface area contributed by atoms with Crippen LogP contribution in [0.15, 0.2) is 77.7 Å². The van der Waals surface area contributed by atoms with Gasteiger partial charge in [-0.1, -0.05) is 18.2 Å². The molecule has 0 bridgehead atoms. The molecule has 9 heteroatoms. The molecule has 0 spiro atoms. The number of esters is 1. The van der Waals surface area contributed by atoms with Crippen LogP contribution in [0, 0.1) is 0 Å². The SMILES string of the molecule is COc1ccc(NS(=O)(=O)c2cccc(C(=O)OCc3ccc(C(N)=O)cc3)c2)cc1. The quantitative estimate of drug-likeness (QED) is 0.519. The van der Waals surface area contributed by atoms with Crippen LogP contribution < -0.4 is 15.2 Å². The number of ether oxygens (including phenoxy) is 2. The van der Waals surface area contributed by atoms with Crippen molar-refractivity contribution >= 4 is 27.6 Å². The number of rotatable bonds is 8. The summed E-state index contributed by atoms with van der Waals surface area (Å²) >= 11 is 0. The van der Waals surface area contributed by atoms with Crippen LogP contribution in [0.25, 0.3) is 0 Å². The monoisotopic (exact) mass is 440 g/mol. The van der Waals surface area contributed by atoms with Crippen molar-refractivity contribution in [1.29, 1.82) is 0 Å². The number of carbonyl (C=O) groups excluding carboxylic acids is 2. The fourth-order valence-electron chi connectivity index (χ4n) is 2.66. The van der Waals surface area contributed by atoms with Crippen LogP contribution in [0.4, 0.5) is 5.69 Å². The molecule has 3 aromatic carbocycles. The Morgan fingerprint density at radius 1 is 0.935 bits per heavy atom. The van der Waals surface area contributed by atoms with Gasteiger partial charge in [-0.2, -0.15) is 0 Å². The number of amides is 1. The fraction of sp³-hybridized carbons (Fsp3) is 0.0909. The number of hydrogen-bond donors (Lipinski definition) is 2. The van der Waals surface area contributed by atoms with Crippen LogP contribution in [0.3, 0.4) is 0 Å². The van der Waals surface area contributed by atoms with E-state index in [4.69, 9.17) is 15.2 Å². The first kappa shape index (κ1) is 21.8. The molecule has 31 heavy (non-hydrogen) atoms. The van der Waals surface area contributed by atoms with Crippen LogP contribution in [0.1, 0.15) is 26.3 Å². The van der Waals surface area contributed by atoms with E-state index in [9.17, 15) is 18.0 Å². The molecule has 0 aliphatic heterocycles. The molecular weight excluding hydrogens is 420 g/mol. The molecular formula is C22H20N2O6S. The number of carbonyl (C=O) groups is 2. The maximum absolute atomic E-state index is 12.7. The molecule has 0 aromatic heterocycles. The molecule has 3 rings (SSSR count). The Kier molecular flexibility index (Phi) is 6.56. The first-order valence-electron chi connectivity index (χ1n) is 9.11. The van der Waals surface area contributed by atoms with Crippen molar-refractivity contribution in [3.63, 3.8) is 0 Å². The van der Waals surface area contributed by atoms with Gasteiger partial charge in [-0.25, -0.2) is 13.2 Å². The van der Waals surface area contributed by atoms with Crippen molar-refractivity contribution in [3.05, 3.63) is 89.5 Å². The van der Waals surface area contributed by atoms with Gasteiger partial charge < -0.3 is 15.2 Å². The van der Waals surface area contributed by atoms with Crippen molar-refractivity contribution in [2.75, 3.05) is 11.8 Å². The number of sulfonamides is 1. The zero-order valence-corrected chi connectivity index (χ0v) is 17.4. The molecule has 0 unspecified atom stereocenters. The van der Waals surface area contributed by atoms with E-state index in [0.717, 1.165) is 0 Å². The van der Waals surface area contributed by atoms with Crippen molar-refractivity contribution < 1.29 is 27.5 Å². The van der Waals surface area contributed by atoms with Gasteiger partial charge in [-0.15, -0.1) is 0 Å². The summed E-state index contributed by atoms with van der Waals surface area (Å²) in [6.07, 6.45) is 0. The standard InChI is InChI=1S/C22H20N2O6S/c1-29-19-11-9-18(10-12-19)24-31(27,28)20-4-2-3-17(13-20)22(26)30-14-15-5-7-16(8-6-15)21(23)25/h2-13,24H,14H2,1H3,(H2,23,25). The molecule has 0 atom stereocenters. The Morgan fingerprint density at radius 2 is 1.61 bits per heavy atom. The van der Waals surface area contributed by atoms with Gasteiger partial charge >= 0.3 is 5.97 Å². The summed E-state index contributed by atoms with van der Waals surface area (Å²) in [5.41, 5.74) is 6.63. The molecule has 0 saturated heterocycles. The maximum Gasteiger partial charge on any atom is 0.338 e. The largest absolute Gasteiger partial charge is 0.497 e. The van der Waals surface area contributed by atoms with Crippen molar-refractivity contribution in [2.24, 2.45) is 5.73 Å². The summed E-state index contributed by atoms with van der Waals surface area (Å²) in [4.78, 5) is 23.4. The van der Waals surface area contributed by atoms with Gasteiger partial charge in [-0.05, 0) is 60.2 Å². The number of primary amides is 1. The van der Waals surface area contributed by atoms with E-state index in [2.05, 4.69) is 4.72 Å². The predicted octanol–water partition coefficient (Wildman–Crippen LogP) is 2.95. The molecule has 0 fully saturated rings. The Bertz CT molecular complexity index is 1190. The molecule has 0 aliphatic rings. The molecule has 3 N–H and O–H groups in total. The summed E-state index contributed by atoms with van der Waals surface area (Å²) in [5, 5.41) is 0. The highest BCUT2D eigenvalue weighted by atomic mass is 32.2. The summed E-state index contributed by atoms with van der Waals surface area (Å²) in [6.45, 7) is -0.0427. The van der Waals surface area contributed by atoms with Gasteiger partial charge in [0.2, 0.25) is 5.91 Å². The van der Waals surface area contributed by atoms with E-state index in [1.54, 1.807) is 36.4 Å². The smallest absolute Gasteiger partial charge is 0.338 e. The highest BCUT2D eigenvalue weighted by Gasteiger charge is 2.17. The number of methoxy groups -OCH3 is 1. The Morgan fingerprint density at radius 3 is 2.23 bits per heavy atom. The summed E-state index contributed by atoms with van der Waals surface area (Å²) in [5.74, 6) is -0.637. The molecule has 0 aliphatic carbocycles. The first-order chi connectivity index (χ1) is 14.8. The van der Waals surface area contributed by atoms with Crippen molar-refractivity contribution in [2.45, 2.75) is 11.5 Å². The van der Waals surface area contributed by atoms with Crippen LogP contribution in [0.2, 0.25) is 0 Å². The van der Waals surface area contributed by atoms with Gasteiger partial charge in [-0.3, -0.25) is 9.52 Å². The predicted molar refractivity (Wildman–Crippen MR) is 114 cm³/mol. The lowest BCUT2D eigenvalue weighted by Gasteiger charge is -2.10. The minimum Gasteiger partial charge on any atom is -0.497 e. The molecule has 1 amide bonds. The number of hydrogen-bond acceptors (Lipinski definition) is 6. The third-order valence-corrected chi connectivity index (χ3v) is 5.71. The second-order valence-corrected chi connectivity index (χ2v) is 8.18. The number of nitrogens with one attached hydrogen (secondary N) is 1. The van der Waals surface area contributed by atoms with E-state index in [1.165, 1.54) is 43.5 Å². The van der Waals surface area contributed by atoms with Gasteiger partial charge in [0.15, 0.2) is 0 Å². The van der Waals surface area contributed by atoms with E-state index in [1.807, 2.05) is 0 Å². The van der Waals surface area contributed by atoms with E-state index in [-0.39, 0.29) is 17.1 Å². The first-order valence-corrected chi connectivity index (χ1v) is 10.6. The second kappa shape index (κ2) is 9.31. The normalized spacial score (nSPS) is 10.9.